The van der Waals surface area contributed by atoms with Gasteiger partial charge in [-0.15, -0.1) is 11.3 Å². The van der Waals surface area contributed by atoms with Crippen LogP contribution in [0.4, 0.5) is 4.39 Å². The Morgan fingerprint density at radius 2 is 1.86 bits per heavy atom. The van der Waals surface area contributed by atoms with Crippen LogP contribution in [-0.4, -0.2) is 11.1 Å². The average molecular weight is 419 g/mol. The van der Waals surface area contributed by atoms with Crippen molar-refractivity contribution in [2.24, 2.45) is 0 Å². The number of rotatable bonds is 7. The first-order chi connectivity index (χ1) is 13.3. The number of carboxylic acid groups (broad SMARTS) is 1. The maximum absolute atomic E-state index is 13.9. The topological polar surface area (TPSA) is 46.5 Å². The molecule has 3 rings (SSSR count). The van der Waals surface area contributed by atoms with Crippen LogP contribution in [0.1, 0.15) is 28.0 Å². The first-order valence-electron chi connectivity index (χ1n) is 8.83. The Morgan fingerprint density at radius 1 is 1.14 bits per heavy atom. The minimum absolute atomic E-state index is 0.0966. The van der Waals surface area contributed by atoms with E-state index in [2.05, 4.69) is 0 Å². The summed E-state index contributed by atoms with van der Waals surface area (Å²) in [6.07, 6.45) is 0.582. The second kappa shape index (κ2) is 8.76. The highest BCUT2D eigenvalue weighted by Gasteiger charge is 2.14. The Morgan fingerprint density at radius 3 is 2.54 bits per heavy atom. The zero-order valence-corrected chi connectivity index (χ0v) is 17.2. The highest BCUT2D eigenvalue weighted by atomic mass is 35.5. The van der Waals surface area contributed by atoms with Crippen LogP contribution in [0.2, 0.25) is 5.02 Å². The first-order valence-corrected chi connectivity index (χ1v) is 10.0. The van der Waals surface area contributed by atoms with Crippen LogP contribution in [0.3, 0.4) is 0 Å². The second-order valence-corrected chi connectivity index (χ2v) is 8.07. The summed E-state index contributed by atoms with van der Waals surface area (Å²) >= 11 is 7.01. The lowest BCUT2D eigenvalue weighted by Crippen LogP contribution is -2.02. The van der Waals surface area contributed by atoms with E-state index in [4.69, 9.17) is 21.4 Å². The van der Waals surface area contributed by atoms with Crippen molar-refractivity contribution in [1.29, 1.82) is 0 Å². The van der Waals surface area contributed by atoms with Crippen LogP contribution in [0.5, 0.6) is 5.75 Å². The zero-order chi connectivity index (χ0) is 20.3. The predicted octanol–water partition coefficient (Wildman–Crippen LogP) is 6.42. The SMILES string of the molecule is Cc1c(CCC(=O)O)ccc(OCc2sc(F)cc2-c2ccc(Cl)cc2)c1C. The van der Waals surface area contributed by atoms with Crippen LogP contribution < -0.4 is 4.74 Å². The van der Waals surface area contributed by atoms with E-state index < -0.39 is 5.97 Å². The molecule has 0 saturated carbocycles. The van der Waals surface area contributed by atoms with Crippen LogP contribution in [0, 0.1) is 19.0 Å². The molecule has 28 heavy (non-hydrogen) atoms. The molecule has 0 radical (unpaired) electrons. The number of carbonyl (C=O) groups is 1. The summed E-state index contributed by atoms with van der Waals surface area (Å²) in [6.45, 7) is 4.16. The summed E-state index contributed by atoms with van der Waals surface area (Å²) in [5.74, 6) is -0.0979. The predicted molar refractivity (Wildman–Crippen MR) is 111 cm³/mol. The number of hydrogen-bond acceptors (Lipinski definition) is 3. The Hall–Kier alpha value is -2.37. The lowest BCUT2D eigenvalue weighted by atomic mass is 9.99. The molecule has 2 aromatic carbocycles. The Bertz CT molecular complexity index is 996. The highest BCUT2D eigenvalue weighted by Crippen LogP contribution is 2.33. The van der Waals surface area contributed by atoms with Gasteiger partial charge >= 0.3 is 5.97 Å². The van der Waals surface area contributed by atoms with Crippen LogP contribution >= 0.6 is 22.9 Å². The van der Waals surface area contributed by atoms with Gasteiger partial charge in [-0.2, -0.15) is 4.39 Å². The molecule has 146 valence electrons. The number of thiophene rings is 1. The molecular formula is C22H20ClFO3S. The van der Waals surface area contributed by atoms with Gasteiger partial charge in [0.1, 0.15) is 12.4 Å². The molecular weight excluding hydrogens is 399 g/mol. The largest absolute Gasteiger partial charge is 0.488 e. The molecule has 0 aliphatic heterocycles. The Balaban J connectivity index is 1.78. The second-order valence-electron chi connectivity index (χ2n) is 6.55. The van der Waals surface area contributed by atoms with Crippen LogP contribution in [0.15, 0.2) is 42.5 Å². The summed E-state index contributed by atoms with van der Waals surface area (Å²) in [6, 6.07) is 12.5. The number of benzene rings is 2. The van der Waals surface area contributed by atoms with E-state index in [0.29, 0.717) is 17.2 Å². The normalized spacial score (nSPS) is 10.9. The molecule has 1 aromatic heterocycles. The molecule has 0 fully saturated rings. The molecule has 0 saturated heterocycles. The average Bonchev–Trinajstić information content (AvgIpc) is 3.03. The molecule has 0 spiro atoms. The molecule has 0 bridgehead atoms. The fourth-order valence-corrected chi connectivity index (χ4v) is 3.98. The molecule has 0 atom stereocenters. The van der Waals surface area contributed by atoms with Crippen molar-refractivity contribution < 1.29 is 19.0 Å². The van der Waals surface area contributed by atoms with Gasteiger partial charge in [0, 0.05) is 17.0 Å². The maximum Gasteiger partial charge on any atom is 0.303 e. The van der Waals surface area contributed by atoms with Crippen molar-refractivity contribution in [2.75, 3.05) is 0 Å². The van der Waals surface area contributed by atoms with Gasteiger partial charge in [-0.1, -0.05) is 29.8 Å². The molecule has 3 nitrogen and oxygen atoms in total. The van der Waals surface area contributed by atoms with E-state index in [0.717, 1.165) is 44.0 Å². The van der Waals surface area contributed by atoms with E-state index in [-0.39, 0.29) is 18.2 Å². The van der Waals surface area contributed by atoms with Gasteiger partial charge in [-0.3, -0.25) is 4.79 Å². The van der Waals surface area contributed by atoms with Crippen molar-refractivity contribution in [3.05, 3.63) is 74.2 Å². The number of ether oxygens (including phenoxy) is 1. The Kier molecular flexibility index (Phi) is 6.37. The fourth-order valence-electron chi connectivity index (χ4n) is 3.04. The number of halogens is 2. The smallest absolute Gasteiger partial charge is 0.303 e. The summed E-state index contributed by atoms with van der Waals surface area (Å²) in [4.78, 5) is 11.6. The molecule has 0 unspecified atom stereocenters. The molecule has 1 N–H and O–H groups in total. The van der Waals surface area contributed by atoms with Crippen molar-refractivity contribution in [2.45, 2.75) is 33.3 Å². The molecule has 1 heterocycles. The molecule has 3 aromatic rings. The standard InChI is InChI=1S/C22H20ClFO3S/c1-13-14(2)19(9-5-15(13)6-10-22(25)26)27-12-20-18(11-21(24)28-20)16-3-7-17(23)8-4-16/h3-5,7-9,11H,6,10,12H2,1-2H3,(H,25,26). The van der Waals surface area contributed by atoms with Crippen molar-refractivity contribution >= 4 is 28.9 Å². The fraction of sp³-hybridized carbons (Fsp3) is 0.227. The molecule has 6 heteroatoms. The van der Waals surface area contributed by atoms with E-state index in [1.807, 2.05) is 38.1 Å². The minimum atomic E-state index is -0.813. The van der Waals surface area contributed by atoms with E-state index >= 15 is 0 Å². The van der Waals surface area contributed by atoms with Crippen molar-refractivity contribution in [1.82, 2.24) is 0 Å². The third-order valence-corrected chi connectivity index (χ3v) is 5.90. The first kappa shape index (κ1) is 20.4. The van der Waals surface area contributed by atoms with Gasteiger partial charge in [0.05, 0.1) is 4.88 Å². The summed E-state index contributed by atoms with van der Waals surface area (Å²) in [5.41, 5.74) is 4.67. The van der Waals surface area contributed by atoms with Gasteiger partial charge in [0.15, 0.2) is 5.13 Å². The third kappa shape index (κ3) is 4.72. The van der Waals surface area contributed by atoms with Gasteiger partial charge < -0.3 is 9.84 Å². The zero-order valence-electron chi connectivity index (χ0n) is 15.6. The van der Waals surface area contributed by atoms with E-state index in [1.165, 1.54) is 6.07 Å². The highest BCUT2D eigenvalue weighted by molar-refractivity contribution is 7.10. The van der Waals surface area contributed by atoms with Crippen LogP contribution in [-0.2, 0) is 17.8 Å². The van der Waals surface area contributed by atoms with Crippen molar-refractivity contribution in [3.8, 4) is 16.9 Å². The lowest BCUT2D eigenvalue weighted by molar-refractivity contribution is -0.136. The maximum atomic E-state index is 13.9. The molecule has 0 aliphatic rings. The molecule has 0 amide bonds. The number of aliphatic carboxylic acids is 1. The van der Waals surface area contributed by atoms with Gasteiger partial charge in [0.25, 0.3) is 0 Å². The monoisotopic (exact) mass is 418 g/mol. The third-order valence-electron chi connectivity index (χ3n) is 4.75. The number of carboxylic acids is 1. The summed E-state index contributed by atoms with van der Waals surface area (Å²) < 4.78 is 19.9. The Labute approximate surface area is 172 Å². The van der Waals surface area contributed by atoms with Gasteiger partial charge in [-0.25, -0.2) is 0 Å². The van der Waals surface area contributed by atoms with E-state index in [9.17, 15) is 9.18 Å². The van der Waals surface area contributed by atoms with Gasteiger partial charge in [0.2, 0.25) is 0 Å². The van der Waals surface area contributed by atoms with E-state index in [1.54, 1.807) is 12.1 Å². The minimum Gasteiger partial charge on any atom is -0.488 e. The summed E-state index contributed by atoms with van der Waals surface area (Å²) in [7, 11) is 0. The number of aryl methyl sites for hydroxylation is 1. The van der Waals surface area contributed by atoms with Crippen LogP contribution in [0.25, 0.3) is 11.1 Å². The van der Waals surface area contributed by atoms with Crippen molar-refractivity contribution in [3.63, 3.8) is 0 Å². The summed E-state index contributed by atoms with van der Waals surface area (Å²) in [5, 5.41) is 9.24. The number of hydrogen-bond donors (Lipinski definition) is 1. The molecule has 0 aliphatic carbocycles. The lowest BCUT2D eigenvalue weighted by Gasteiger charge is -2.14. The van der Waals surface area contributed by atoms with Gasteiger partial charge in [-0.05, 0) is 66.8 Å². The quantitative estimate of drug-likeness (QED) is 0.481.